The van der Waals surface area contributed by atoms with Crippen LogP contribution in [-0.2, 0) is 0 Å². The molecule has 2 N–H and O–H groups in total. The molecule has 0 unspecified atom stereocenters. The molecule has 1 fully saturated rings. The first-order valence-corrected chi connectivity index (χ1v) is 7.35. The van der Waals surface area contributed by atoms with Crippen molar-refractivity contribution in [3.05, 3.63) is 21.9 Å². The molecule has 2 rings (SSSR count). The molecule has 1 amide bonds. The third-order valence-corrected chi connectivity index (χ3v) is 4.11. The molecule has 0 spiro atoms. The largest absolute Gasteiger partial charge is 0.351 e. The highest BCUT2D eigenvalue weighted by atomic mass is 32.1. The number of carbonyl (C=O) groups is 1. The molecule has 0 bridgehead atoms. The molecule has 1 saturated heterocycles. The molecule has 1 aromatic rings. The summed E-state index contributed by atoms with van der Waals surface area (Å²) in [6.45, 7) is 8.27. The zero-order valence-electron chi connectivity index (χ0n) is 10.9. The highest BCUT2D eigenvalue weighted by Gasteiger charge is 2.10. The lowest BCUT2D eigenvalue weighted by molar-refractivity contribution is 0.0955. The zero-order chi connectivity index (χ0) is 12.8. The number of piperazine rings is 1. The molecule has 1 aromatic heterocycles. The number of amides is 1. The average molecular weight is 267 g/mol. The lowest BCUT2D eigenvalue weighted by Gasteiger charge is -2.27. The maximum absolute atomic E-state index is 11.8. The summed E-state index contributed by atoms with van der Waals surface area (Å²) in [5, 5.41) is 6.32. The van der Waals surface area contributed by atoms with Crippen LogP contribution in [-0.4, -0.2) is 50.1 Å². The number of rotatable bonds is 5. The Balaban J connectivity index is 1.61. The summed E-state index contributed by atoms with van der Waals surface area (Å²) in [6, 6.07) is 3.88. The van der Waals surface area contributed by atoms with Crippen molar-refractivity contribution in [3.63, 3.8) is 0 Å². The van der Waals surface area contributed by atoms with E-state index in [2.05, 4.69) is 15.5 Å². The minimum absolute atomic E-state index is 0.0633. The van der Waals surface area contributed by atoms with Gasteiger partial charge in [-0.1, -0.05) is 0 Å². The van der Waals surface area contributed by atoms with Gasteiger partial charge in [0.05, 0.1) is 4.88 Å². The maximum atomic E-state index is 11.8. The SMILES string of the molecule is Cc1ccc(C(=O)NCCCN2CCNCC2)s1. The van der Waals surface area contributed by atoms with Crippen LogP contribution in [0.1, 0.15) is 21.0 Å². The van der Waals surface area contributed by atoms with Gasteiger partial charge in [0.1, 0.15) is 0 Å². The second-order valence-corrected chi connectivity index (χ2v) is 5.90. The van der Waals surface area contributed by atoms with Crippen molar-refractivity contribution in [2.45, 2.75) is 13.3 Å². The Hall–Kier alpha value is -0.910. The van der Waals surface area contributed by atoms with Gasteiger partial charge in [0.15, 0.2) is 0 Å². The fraction of sp³-hybridized carbons (Fsp3) is 0.615. The van der Waals surface area contributed by atoms with Crippen LogP contribution >= 0.6 is 11.3 Å². The molecular weight excluding hydrogens is 246 g/mol. The van der Waals surface area contributed by atoms with Crippen LogP contribution in [0.3, 0.4) is 0 Å². The van der Waals surface area contributed by atoms with Crippen molar-refractivity contribution in [2.24, 2.45) is 0 Å². The van der Waals surface area contributed by atoms with Crippen LogP contribution in [0.5, 0.6) is 0 Å². The fourth-order valence-electron chi connectivity index (χ4n) is 2.08. The second-order valence-electron chi connectivity index (χ2n) is 4.61. The van der Waals surface area contributed by atoms with Crippen molar-refractivity contribution in [2.75, 3.05) is 39.3 Å². The minimum Gasteiger partial charge on any atom is -0.351 e. The Kier molecular flexibility index (Phi) is 5.16. The summed E-state index contributed by atoms with van der Waals surface area (Å²) in [6.07, 6.45) is 1.02. The normalized spacial score (nSPS) is 16.7. The third kappa shape index (κ3) is 4.08. The first-order valence-electron chi connectivity index (χ1n) is 6.53. The van der Waals surface area contributed by atoms with Gasteiger partial charge in [-0.05, 0) is 32.0 Å². The molecule has 0 aliphatic carbocycles. The molecule has 1 aliphatic heterocycles. The van der Waals surface area contributed by atoms with Gasteiger partial charge in [-0.3, -0.25) is 4.79 Å². The number of aryl methyl sites for hydroxylation is 1. The summed E-state index contributed by atoms with van der Waals surface area (Å²) in [5.41, 5.74) is 0. The van der Waals surface area contributed by atoms with Gasteiger partial charge in [-0.15, -0.1) is 11.3 Å². The predicted octanol–water partition coefficient (Wildman–Crippen LogP) is 1.08. The van der Waals surface area contributed by atoms with Gasteiger partial charge in [0.25, 0.3) is 5.91 Å². The molecule has 18 heavy (non-hydrogen) atoms. The van der Waals surface area contributed by atoms with Gasteiger partial charge in [0.2, 0.25) is 0 Å². The minimum atomic E-state index is 0.0633. The predicted molar refractivity (Wildman–Crippen MR) is 75.3 cm³/mol. The van der Waals surface area contributed by atoms with Gasteiger partial charge >= 0.3 is 0 Å². The molecule has 2 heterocycles. The van der Waals surface area contributed by atoms with Crippen molar-refractivity contribution >= 4 is 17.2 Å². The molecule has 4 nitrogen and oxygen atoms in total. The number of nitrogens with one attached hydrogen (secondary N) is 2. The number of nitrogens with zero attached hydrogens (tertiary/aromatic N) is 1. The first kappa shape index (κ1) is 13.5. The van der Waals surface area contributed by atoms with Crippen LogP contribution in [0.2, 0.25) is 0 Å². The maximum Gasteiger partial charge on any atom is 0.261 e. The van der Waals surface area contributed by atoms with Crippen molar-refractivity contribution < 1.29 is 4.79 Å². The molecule has 0 radical (unpaired) electrons. The van der Waals surface area contributed by atoms with E-state index in [1.54, 1.807) is 11.3 Å². The molecule has 0 aromatic carbocycles. The lowest BCUT2D eigenvalue weighted by Crippen LogP contribution is -2.44. The summed E-state index contributed by atoms with van der Waals surface area (Å²) < 4.78 is 0. The van der Waals surface area contributed by atoms with E-state index in [1.165, 1.54) is 4.88 Å². The van der Waals surface area contributed by atoms with Gasteiger partial charge < -0.3 is 15.5 Å². The molecule has 5 heteroatoms. The van der Waals surface area contributed by atoms with E-state index in [1.807, 2.05) is 19.1 Å². The van der Waals surface area contributed by atoms with Crippen LogP contribution in [0.15, 0.2) is 12.1 Å². The van der Waals surface area contributed by atoms with E-state index in [4.69, 9.17) is 0 Å². The van der Waals surface area contributed by atoms with Crippen molar-refractivity contribution in [1.29, 1.82) is 0 Å². The van der Waals surface area contributed by atoms with E-state index < -0.39 is 0 Å². The second kappa shape index (κ2) is 6.87. The van der Waals surface area contributed by atoms with E-state index in [-0.39, 0.29) is 5.91 Å². The summed E-state index contributed by atoms with van der Waals surface area (Å²) in [7, 11) is 0. The number of hydrogen-bond acceptors (Lipinski definition) is 4. The third-order valence-electron chi connectivity index (χ3n) is 3.11. The van der Waals surface area contributed by atoms with E-state index >= 15 is 0 Å². The Morgan fingerprint density at radius 1 is 1.44 bits per heavy atom. The Morgan fingerprint density at radius 2 is 2.22 bits per heavy atom. The summed E-state index contributed by atoms with van der Waals surface area (Å²) in [4.78, 5) is 16.2. The highest BCUT2D eigenvalue weighted by Crippen LogP contribution is 2.14. The number of carbonyl (C=O) groups excluding carboxylic acids is 1. The van der Waals surface area contributed by atoms with Crippen molar-refractivity contribution in [1.82, 2.24) is 15.5 Å². The van der Waals surface area contributed by atoms with E-state index in [0.29, 0.717) is 0 Å². The van der Waals surface area contributed by atoms with E-state index in [0.717, 1.165) is 50.6 Å². The van der Waals surface area contributed by atoms with E-state index in [9.17, 15) is 4.79 Å². The standard InChI is InChI=1S/C13H21N3OS/c1-11-3-4-12(18-11)13(17)15-5-2-8-16-9-6-14-7-10-16/h3-4,14H,2,5-10H2,1H3,(H,15,17). The molecule has 100 valence electrons. The van der Waals surface area contributed by atoms with Gasteiger partial charge in [-0.2, -0.15) is 0 Å². The number of thiophene rings is 1. The Morgan fingerprint density at radius 3 is 2.89 bits per heavy atom. The fourth-order valence-corrected chi connectivity index (χ4v) is 2.87. The van der Waals surface area contributed by atoms with Crippen LogP contribution in [0, 0.1) is 6.92 Å². The smallest absolute Gasteiger partial charge is 0.261 e. The molecule has 0 saturated carbocycles. The van der Waals surface area contributed by atoms with Gasteiger partial charge in [-0.25, -0.2) is 0 Å². The Labute approximate surface area is 112 Å². The average Bonchev–Trinajstić information content (AvgIpc) is 2.82. The lowest BCUT2D eigenvalue weighted by atomic mass is 10.3. The van der Waals surface area contributed by atoms with Crippen LogP contribution in [0.4, 0.5) is 0 Å². The first-order chi connectivity index (χ1) is 8.75. The summed E-state index contributed by atoms with van der Waals surface area (Å²) in [5.74, 6) is 0.0633. The van der Waals surface area contributed by atoms with Crippen LogP contribution < -0.4 is 10.6 Å². The Bertz CT molecular complexity index is 385. The molecule has 1 aliphatic rings. The monoisotopic (exact) mass is 267 g/mol. The summed E-state index contributed by atoms with van der Waals surface area (Å²) >= 11 is 1.55. The molecule has 0 atom stereocenters. The van der Waals surface area contributed by atoms with Gasteiger partial charge in [0, 0.05) is 37.6 Å². The molecular formula is C13H21N3OS. The number of hydrogen-bond donors (Lipinski definition) is 2. The highest BCUT2D eigenvalue weighted by molar-refractivity contribution is 7.13. The quantitative estimate of drug-likeness (QED) is 0.785. The zero-order valence-corrected chi connectivity index (χ0v) is 11.7. The van der Waals surface area contributed by atoms with Crippen molar-refractivity contribution in [3.8, 4) is 0 Å². The van der Waals surface area contributed by atoms with Crippen LogP contribution in [0.25, 0.3) is 0 Å². The topological polar surface area (TPSA) is 44.4 Å².